The van der Waals surface area contributed by atoms with Crippen molar-refractivity contribution in [3.05, 3.63) is 155 Å². The summed E-state index contributed by atoms with van der Waals surface area (Å²) in [6.07, 6.45) is 19.0. The van der Waals surface area contributed by atoms with Crippen molar-refractivity contribution >= 4 is 76.2 Å². The molecule has 62 heavy (non-hydrogen) atoms. The highest BCUT2D eigenvalue weighted by Gasteiger charge is 2.51. The van der Waals surface area contributed by atoms with Crippen LogP contribution in [0.3, 0.4) is 0 Å². The summed E-state index contributed by atoms with van der Waals surface area (Å²) in [7, 11) is 0. The predicted octanol–water partition coefficient (Wildman–Crippen LogP) is 17.4. The molecule has 8 saturated carbocycles. The lowest BCUT2D eigenvalue weighted by Crippen LogP contribution is -2.43. The van der Waals surface area contributed by atoms with E-state index in [1.54, 1.807) is 11.1 Å². The first kappa shape index (κ1) is 36.5. The Labute approximate surface area is 370 Å². The first-order valence-electron chi connectivity index (χ1n) is 24.3. The van der Waals surface area contributed by atoms with E-state index >= 15 is 0 Å². The SMILES string of the molecule is C=Cc1sc2ccc(-c3c4ccccc4c(C4C5CC6CC(C5)CC4C6)c4ccccc34)cc2c1/C(=C\C)c1c2ccccc2c(C2C3CC4CC(C3)CC2C4)c2ccccc12. The van der Waals surface area contributed by atoms with Crippen LogP contribution < -0.4 is 0 Å². The molecule has 8 fully saturated rings. The average molecular weight is 821 g/mol. The van der Waals surface area contributed by atoms with Gasteiger partial charge >= 0.3 is 0 Å². The van der Waals surface area contributed by atoms with Gasteiger partial charge in [-0.05, 0) is 219 Å². The van der Waals surface area contributed by atoms with E-state index in [0.717, 1.165) is 47.3 Å². The molecule has 0 amide bonds. The van der Waals surface area contributed by atoms with Crippen LogP contribution in [0.4, 0.5) is 0 Å². The number of hydrogen-bond acceptors (Lipinski definition) is 1. The third kappa shape index (κ3) is 5.18. The van der Waals surface area contributed by atoms with Crippen molar-refractivity contribution in [3.8, 4) is 11.1 Å². The molecule has 0 nitrogen and oxygen atoms in total. The Morgan fingerprint density at radius 1 is 0.468 bits per heavy atom. The minimum Gasteiger partial charge on any atom is -0.135 e. The number of fused-ring (bicyclic) bond motifs is 5. The fraction of sp³-hybridized carbons (Fsp3) is 0.344. The summed E-state index contributed by atoms with van der Waals surface area (Å²) in [6.45, 7) is 6.74. The molecule has 306 valence electrons. The first-order valence-corrected chi connectivity index (χ1v) is 25.2. The van der Waals surface area contributed by atoms with E-state index in [9.17, 15) is 0 Å². The summed E-state index contributed by atoms with van der Waals surface area (Å²) < 4.78 is 1.33. The van der Waals surface area contributed by atoms with Gasteiger partial charge in [0, 0.05) is 20.5 Å². The second-order valence-electron chi connectivity index (χ2n) is 21.1. The zero-order chi connectivity index (χ0) is 40.8. The van der Waals surface area contributed by atoms with Crippen LogP contribution in [0.15, 0.2) is 128 Å². The van der Waals surface area contributed by atoms with Crippen LogP contribution in [0, 0.1) is 47.3 Å². The number of hydrogen-bond donors (Lipinski definition) is 0. The van der Waals surface area contributed by atoms with Gasteiger partial charge in [0.1, 0.15) is 0 Å². The Morgan fingerprint density at radius 3 is 1.29 bits per heavy atom. The monoisotopic (exact) mass is 820 g/mol. The van der Waals surface area contributed by atoms with Crippen LogP contribution >= 0.6 is 11.3 Å². The fourth-order valence-electron chi connectivity index (χ4n) is 16.5. The molecule has 16 rings (SSSR count). The van der Waals surface area contributed by atoms with Crippen molar-refractivity contribution < 1.29 is 0 Å². The number of benzene rings is 7. The third-order valence-electron chi connectivity index (χ3n) is 18.1. The minimum atomic E-state index is 0.661. The van der Waals surface area contributed by atoms with Crippen LogP contribution in [-0.2, 0) is 0 Å². The van der Waals surface area contributed by atoms with Crippen molar-refractivity contribution in [2.75, 3.05) is 0 Å². The molecule has 0 atom stereocenters. The van der Waals surface area contributed by atoms with Gasteiger partial charge in [-0.15, -0.1) is 11.3 Å². The molecule has 8 bridgehead atoms. The largest absolute Gasteiger partial charge is 0.135 e. The summed E-state index contributed by atoms with van der Waals surface area (Å²) in [6, 6.07) is 45.4. The maximum atomic E-state index is 4.47. The van der Waals surface area contributed by atoms with Crippen molar-refractivity contribution in [3.63, 3.8) is 0 Å². The maximum absolute atomic E-state index is 4.47. The average Bonchev–Trinajstić information content (AvgIpc) is 3.66. The second-order valence-corrected chi connectivity index (χ2v) is 22.2. The van der Waals surface area contributed by atoms with Crippen LogP contribution in [0.5, 0.6) is 0 Å². The molecular weight excluding hydrogens is 765 g/mol. The Kier molecular flexibility index (Phi) is 8.10. The van der Waals surface area contributed by atoms with Gasteiger partial charge in [0.05, 0.1) is 0 Å². The molecule has 0 radical (unpaired) electrons. The molecule has 1 aromatic heterocycles. The molecule has 8 aliphatic carbocycles. The Bertz CT molecular complexity index is 3040. The van der Waals surface area contributed by atoms with E-state index in [-0.39, 0.29) is 0 Å². The normalized spacial score (nSPS) is 29.9. The standard InChI is InChI=1S/C61H56S/c1-3-43(58-46-15-7-11-19-50(46)61(51-20-12-8-16-47(51)58)56-41-29-36-24-37(31-41)32-42(56)30-36)59-52-33-38(21-22-54(52)62-53(59)4-2)57-44-13-5-9-17-48(44)60(49-18-10-6-14-45(49)57)55-39-25-34-23-35(27-39)28-40(55)26-34/h3-22,33-37,39-42,55-56H,2,23-32H2,1H3/b43-3-. The van der Waals surface area contributed by atoms with E-state index in [0.29, 0.717) is 11.8 Å². The van der Waals surface area contributed by atoms with Gasteiger partial charge in [0.2, 0.25) is 0 Å². The Balaban J connectivity index is 0.977. The summed E-state index contributed by atoms with van der Waals surface area (Å²) >= 11 is 1.90. The Morgan fingerprint density at radius 2 is 0.871 bits per heavy atom. The van der Waals surface area contributed by atoms with Crippen LogP contribution in [0.1, 0.15) is 110 Å². The van der Waals surface area contributed by atoms with Gasteiger partial charge in [-0.1, -0.05) is 122 Å². The van der Waals surface area contributed by atoms with E-state index in [1.807, 2.05) is 11.3 Å². The van der Waals surface area contributed by atoms with Crippen molar-refractivity contribution in [2.45, 2.75) is 83.0 Å². The van der Waals surface area contributed by atoms with Crippen LogP contribution in [-0.4, -0.2) is 0 Å². The number of rotatable bonds is 6. The summed E-state index contributed by atoms with van der Waals surface area (Å²) in [5, 5.41) is 12.9. The van der Waals surface area contributed by atoms with Crippen LogP contribution in [0.25, 0.3) is 76.0 Å². The predicted molar refractivity (Wildman–Crippen MR) is 266 cm³/mol. The molecule has 0 aliphatic heterocycles. The van der Waals surface area contributed by atoms with Gasteiger partial charge in [-0.2, -0.15) is 0 Å². The van der Waals surface area contributed by atoms with Crippen LogP contribution in [0.2, 0.25) is 0 Å². The maximum Gasteiger partial charge on any atom is 0.0356 e. The van der Waals surface area contributed by atoms with E-state index in [4.69, 9.17) is 0 Å². The molecule has 0 N–H and O–H groups in total. The highest BCUT2D eigenvalue weighted by Crippen LogP contribution is 2.63. The fourth-order valence-corrected chi connectivity index (χ4v) is 17.6. The number of thiophene rings is 1. The van der Waals surface area contributed by atoms with Gasteiger partial charge in [-0.3, -0.25) is 0 Å². The summed E-state index contributed by atoms with van der Waals surface area (Å²) in [5.41, 5.74) is 10.1. The van der Waals surface area contributed by atoms with Crippen molar-refractivity contribution in [2.24, 2.45) is 47.3 Å². The van der Waals surface area contributed by atoms with Gasteiger partial charge < -0.3 is 0 Å². The van der Waals surface area contributed by atoms with E-state index in [1.165, 1.54) is 150 Å². The molecule has 1 heteroatoms. The van der Waals surface area contributed by atoms with Gasteiger partial charge in [0.25, 0.3) is 0 Å². The molecule has 0 spiro atoms. The molecule has 0 saturated heterocycles. The quantitative estimate of drug-likeness (QED) is 0.147. The highest BCUT2D eigenvalue weighted by atomic mass is 32.1. The lowest BCUT2D eigenvalue weighted by Gasteiger charge is -2.55. The van der Waals surface area contributed by atoms with E-state index in [2.05, 4.69) is 141 Å². The van der Waals surface area contributed by atoms with Crippen molar-refractivity contribution in [1.29, 1.82) is 0 Å². The van der Waals surface area contributed by atoms with E-state index < -0.39 is 0 Å². The lowest BCUT2D eigenvalue weighted by molar-refractivity contribution is -0.00191. The van der Waals surface area contributed by atoms with Gasteiger partial charge in [-0.25, -0.2) is 0 Å². The zero-order valence-electron chi connectivity index (χ0n) is 36.1. The summed E-state index contributed by atoms with van der Waals surface area (Å²) in [4.78, 5) is 1.26. The summed E-state index contributed by atoms with van der Waals surface area (Å²) in [5.74, 6) is 8.51. The molecule has 8 aromatic rings. The second kappa shape index (κ2) is 13.8. The topological polar surface area (TPSA) is 0 Å². The van der Waals surface area contributed by atoms with Crippen molar-refractivity contribution in [1.82, 2.24) is 0 Å². The smallest absolute Gasteiger partial charge is 0.0356 e. The minimum absolute atomic E-state index is 0.661. The first-order chi connectivity index (χ1) is 30.6. The molecule has 8 aliphatic rings. The third-order valence-corrected chi connectivity index (χ3v) is 19.2. The molecule has 0 unspecified atom stereocenters. The molecule has 1 heterocycles. The van der Waals surface area contributed by atoms with Gasteiger partial charge in [0.15, 0.2) is 0 Å². The highest BCUT2D eigenvalue weighted by molar-refractivity contribution is 7.20. The molecule has 7 aromatic carbocycles. The Hall–Kier alpha value is -4.98. The molecular formula is C61H56S. The zero-order valence-corrected chi connectivity index (χ0v) is 36.9. The lowest BCUT2D eigenvalue weighted by atomic mass is 9.50. The number of allylic oxidation sites excluding steroid dienone is 1.